The third-order valence-corrected chi connectivity index (χ3v) is 6.40. The van der Waals surface area contributed by atoms with Crippen molar-refractivity contribution in [3.8, 4) is 0 Å². The van der Waals surface area contributed by atoms with E-state index in [4.69, 9.17) is 0 Å². The van der Waals surface area contributed by atoms with E-state index in [2.05, 4.69) is 24.2 Å². The maximum atomic E-state index is 13.0. The van der Waals surface area contributed by atoms with Crippen LogP contribution in [0.4, 0.5) is 0 Å². The Hall–Kier alpha value is -2.63. The first-order chi connectivity index (χ1) is 13.5. The Labute approximate surface area is 166 Å². The molecule has 1 spiro atoms. The van der Waals surface area contributed by atoms with E-state index in [0.29, 0.717) is 5.69 Å². The van der Waals surface area contributed by atoms with E-state index in [9.17, 15) is 9.59 Å². The summed E-state index contributed by atoms with van der Waals surface area (Å²) in [5.74, 6) is 0.175. The Morgan fingerprint density at radius 2 is 1.89 bits per heavy atom. The van der Waals surface area contributed by atoms with Crippen LogP contribution < -0.4 is 0 Å². The standard InChI is InChI=1S/C22H28N4O2/c1-3-25-16-22(15-18(20(25)27)17-7-5-4-6-8-17)10-13-26(14-11-22)21(28)19-9-12-24(2)23-19/h4-9,12,18H,3,10-11,13-16H2,1-2H3/t18-/m0/s1. The Morgan fingerprint density at radius 1 is 1.18 bits per heavy atom. The molecule has 4 rings (SSSR count). The van der Waals surface area contributed by atoms with E-state index in [1.54, 1.807) is 16.9 Å². The first kappa shape index (κ1) is 18.7. The molecular weight excluding hydrogens is 352 g/mol. The molecule has 0 unspecified atom stereocenters. The van der Waals surface area contributed by atoms with Crippen LogP contribution in [0, 0.1) is 5.41 Å². The number of likely N-dealkylation sites (N-methyl/N-ethyl adjacent to an activating group) is 1. The van der Waals surface area contributed by atoms with Gasteiger partial charge in [-0.3, -0.25) is 14.3 Å². The molecule has 2 amide bonds. The molecule has 0 bridgehead atoms. The second kappa shape index (κ2) is 7.41. The van der Waals surface area contributed by atoms with Gasteiger partial charge in [-0.25, -0.2) is 0 Å². The predicted molar refractivity (Wildman–Crippen MR) is 107 cm³/mol. The van der Waals surface area contributed by atoms with E-state index in [1.807, 2.05) is 35.0 Å². The number of aryl methyl sites for hydroxylation is 1. The smallest absolute Gasteiger partial charge is 0.274 e. The number of carbonyl (C=O) groups is 2. The van der Waals surface area contributed by atoms with Crippen LogP contribution in [0.25, 0.3) is 0 Å². The maximum Gasteiger partial charge on any atom is 0.274 e. The van der Waals surface area contributed by atoms with Crippen molar-refractivity contribution in [1.29, 1.82) is 0 Å². The van der Waals surface area contributed by atoms with E-state index in [-0.39, 0.29) is 23.1 Å². The fourth-order valence-corrected chi connectivity index (χ4v) is 4.74. The van der Waals surface area contributed by atoms with Gasteiger partial charge in [0.25, 0.3) is 5.91 Å². The zero-order chi connectivity index (χ0) is 19.7. The van der Waals surface area contributed by atoms with Crippen LogP contribution in [0.15, 0.2) is 42.6 Å². The normalized spacial score (nSPS) is 21.9. The lowest BCUT2D eigenvalue weighted by molar-refractivity contribution is -0.141. The van der Waals surface area contributed by atoms with Gasteiger partial charge in [0.2, 0.25) is 5.91 Å². The van der Waals surface area contributed by atoms with Crippen LogP contribution >= 0.6 is 0 Å². The number of likely N-dealkylation sites (tertiary alicyclic amines) is 2. The Bertz CT molecular complexity index is 852. The molecule has 6 heteroatoms. The molecule has 0 saturated carbocycles. The van der Waals surface area contributed by atoms with Gasteiger partial charge in [0.1, 0.15) is 5.69 Å². The third kappa shape index (κ3) is 3.43. The van der Waals surface area contributed by atoms with Crippen LogP contribution in [-0.2, 0) is 11.8 Å². The lowest BCUT2D eigenvalue weighted by Crippen LogP contribution is -2.54. The van der Waals surface area contributed by atoms with Gasteiger partial charge in [0.15, 0.2) is 0 Å². The number of nitrogens with zero attached hydrogens (tertiary/aromatic N) is 4. The molecular formula is C22H28N4O2. The fraction of sp³-hybridized carbons (Fsp3) is 0.500. The van der Waals surface area contributed by atoms with Gasteiger partial charge in [-0.15, -0.1) is 0 Å². The van der Waals surface area contributed by atoms with Gasteiger partial charge in [-0.1, -0.05) is 30.3 Å². The van der Waals surface area contributed by atoms with Gasteiger partial charge in [-0.2, -0.15) is 5.10 Å². The van der Waals surface area contributed by atoms with Crippen LogP contribution in [0.1, 0.15) is 48.2 Å². The number of carbonyl (C=O) groups excluding carboxylic acids is 2. The molecule has 2 saturated heterocycles. The van der Waals surface area contributed by atoms with E-state index in [1.165, 1.54) is 0 Å². The maximum absolute atomic E-state index is 13.0. The minimum Gasteiger partial charge on any atom is -0.342 e. The highest BCUT2D eigenvalue weighted by atomic mass is 16.2. The summed E-state index contributed by atoms with van der Waals surface area (Å²) < 4.78 is 1.66. The number of benzene rings is 1. The summed E-state index contributed by atoms with van der Waals surface area (Å²) in [6.45, 7) is 5.04. The molecule has 1 atom stereocenters. The molecule has 1 aromatic heterocycles. The van der Waals surface area contributed by atoms with Crippen molar-refractivity contribution in [1.82, 2.24) is 19.6 Å². The highest BCUT2D eigenvalue weighted by Gasteiger charge is 2.46. The van der Waals surface area contributed by atoms with Crippen molar-refractivity contribution in [2.24, 2.45) is 12.5 Å². The number of amides is 2. The molecule has 2 aliphatic rings. The number of rotatable bonds is 3. The third-order valence-electron chi connectivity index (χ3n) is 6.40. The molecule has 6 nitrogen and oxygen atoms in total. The molecule has 0 radical (unpaired) electrons. The molecule has 2 fully saturated rings. The summed E-state index contributed by atoms with van der Waals surface area (Å²) >= 11 is 0. The average Bonchev–Trinajstić information content (AvgIpc) is 3.17. The highest BCUT2D eigenvalue weighted by Crippen LogP contribution is 2.45. The topological polar surface area (TPSA) is 58.4 Å². The largest absolute Gasteiger partial charge is 0.342 e. The van der Waals surface area contributed by atoms with Gasteiger partial charge in [-0.05, 0) is 43.2 Å². The van der Waals surface area contributed by atoms with Crippen LogP contribution in [-0.4, -0.2) is 57.6 Å². The summed E-state index contributed by atoms with van der Waals surface area (Å²) in [5, 5.41) is 4.25. The molecule has 2 aromatic rings. The first-order valence-corrected chi connectivity index (χ1v) is 10.1. The van der Waals surface area contributed by atoms with E-state index >= 15 is 0 Å². The van der Waals surface area contributed by atoms with Crippen molar-refractivity contribution in [2.75, 3.05) is 26.2 Å². The van der Waals surface area contributed by atoms with Gasteiger partial charge in [0.05, 0.1) is 5.92 Å². The van der Waals surface area contributed by atoms with Crippen molar-refractivity contribution in [3.05, 3.63) is 53.9 Å². The van der Waals surface area contributed by atoms with Gasteiger partial charge >= 0.3 is 0 Å². The summed E-state index contributed by atoms with van der Waals surface area (Å²) in [4.78, 5) is 29.6. The number of piperidine rings is 2. The first-order valence-electron chi connectivity index (χ1n) is 10.1. The van der Waals surface area contributed by atoms with Crippen LogP contribution in [0.5, 0.6) is 0 Å². The predicted octanol–water partition coefficient (Wildman–Crippen LogP) is 2.68. The minimum atomic E-state index is -0.0760. The molecule has 0 aliphatic carbocycles. The van der Waals surface area contributed by atoms with Crippen molar-refractivity contribution >= 4 is 11.8 Å². The monoisotopic (exact) mass is 380 g/mol. The Balaban J connectivity index is 1.50. The van der Waals surface area contributed by atoms with Crippen LogP contribution in [0.2, 0.25) is 0 Å². The lowest BCUT2D eigenvalue weighted by Gasteiger charge is -2.49. The molecule has 2 aliphatic heterocycles. The summed E-state index contributed by atoms with van der Waals surface area (Å²) in [6, 6.07) is 11.9. The SMILES string of the molecule is CCN1CC2(CCN(C(=O)c3ccn(C)n3)CC2)C[C@@H](c2ccccc2)C1=O. The minimum absolute atomic E-state index is 0.00860. The van der Waals surface area contributed by atoms with E-state index in [0.717, 1.165) is 51.0 Å². The number of hydrogen-bond donors (Lipinski definition) is 0. The summed E-state index contributed by atoms with van der Waals surface area (Å²) in [5.41, 5.74) is 1.71. The zero-order valence-electron chi connectivity index (χ0n) is 16.7. The quantitative estimate of drug-likeness (QED) is 0.823. The zero-order valence-corrected chi connectivity index (χ0v) is 16.7. The second-order valence-electron chi connectivity index (χ2n) is 8.19. The lowest BCUT2D eigenvalue weighted by atomic mass is 9.67. The number of hydrogen-bond acceptors (Lipinski definition) is 3. The Morgan fingerprint density at radius 3 is 2.50 bits per heavy atom. The average molecular weight is 380 g/mol. The fourth-order valence-electron chi connectivity index (χ4n) is 4.74. The Kier molecular flexibility index (Phi) is 4.96. The van der Waals surface area contributed by atoms with Crippen molar-refractivity contribution < 1.29 is 9.59 Å². The molecule has 28 heavy (non-hydrogen) atoms. The second-order valence-corrected chi connectivity index (χ2v) is 8.19. The highest BCUT2D eigenvalue weighted by molar-refractivity contribution is 5.92. The summed E-state index contributed by atoms with van der Waals surface area (Å²) in [7, 11) is 1.82. The van der Waals surface area contributed by atoms with Crippen molar-refractivity contribution in [2.45, 2.75) is 32.1 Å². The number of aromatic nitrogens is 2. The van der Waals surface area contributed by atoms with Crippen LogP contribution in [0.3, 0.4) is 0 Å². The molecule has 1 aromatic carbocycles. The van der Waals surface area contributed by atoms with Crippen molar-refractivity contribution in [3.63, 3.8) is 0 Å². The van der Waals surface area contributed by atoms with Gasteiger partial charge < -0.3 is 9.80 Å². The molecule has 3 heterocycles. The molecule has 148 valence electrons. The summed E-state index contributed by atoms with van der Waals surface area (Å²) in [6.07, 6.45) is 4.53. The van der Waals surface area contributed by atoms with E-state index < -0.39 is 0 Å². The van der Waals surface area contributed by atoms with Gasteiger partial charge in [0, 0.05) is 39.4 Å². The molecule has 0 N–H and O–H groups in total.